The third-order valence-corrected chi connectivity index (χ3v) is 2.57. The average Bonchev–Trinajstić information content (AvgIpc) is 2.30. The van der Waals surface area contributed by atoms with E-state index in [4.69, 9.17) is 5.73 Å². The average molecular weight is 230 g/mol. The van der Waals surface area contributed by atoms with Gasteiger partial charge in [-0.1, -0.05) is 6.92 Å². The van der Waals surface area contributed by atoms with Crippen LogP contribution in [0.4, 0.5) is 5.82 Å². The van der Waals surface area contributed by atoms with Crippen molar-refractivity contribution >= 4 is 5.82 Å². The van der Waals surface area contributed by atoms with Gasteiger partial charge in [0.2, 0.25) is 0 Å². The van der Waals surface area contributed by atoms with Crippen LogP contribution in [0, 0.1) is 0 Å². The summed E-state index contributed by atoms with van der Waals surface area (Å²) in [5, 5.41) is 0. The Morgan fingerprint density at radius 3 is 2.65 bits per heavy atom. The van der Waals surface area contributed by atoms with E-state index in [0.29, 0.717) is 30.0 Å². The van der Waals surface area contributed by atoms with Gasteiger partial charge < -0.3 is 10.7 Å². The predicted octanol–water partition coefficient (Wildman–Crippen LogP) is 0.900. The second-order valence-corrected chi connectivity index (χ2v) is 3.76. The number of hydrogen-bond donors (Lipinski definition) is 2. The van der Waals surface area contributed by atoms with E-state index in [2.05, 4.69) is 15.0 Å². The van der Waals surface area contributed by atoms with Crippen LogP contribution in [-0.2, 0) is 12.8 Å². The Bertz CT molecular complexity index is 562. The number of aromatic amines is 1. The van der Waals surface area contributed by atoms with E-state index in [1.54, 1.807) is 12.4 Å². The number of H-pyrrole nitrogens is 1. The molecule has 2 aromatic heterocycles. The maximum Gasteiger partial charge on any atom is 0.256 e. The summed E-state index contributed by atoms with van der Waals surface area (Å²) < 4.78 is 0. The second-order valence-electron chi connectivity index (χ2n) is 3.76. The van der Waals surface area contributed by atoms with Crippen LogP contribution < -0.4 is 11.3 Å². The lowest BCUT2D eigenvalue weighted by atomic mass is 10.2. The highest BCUT2D eigenvalue weighted by molar-refractivity contribution is 5.38. The normalized spacial score (nSPS) is 10.4. The SMILES string of the molecule is CCc1c(N)nc(Cc2ccncc2)[nH]c1=O. The fourth-order valence-corrected chi connectivity index (χ4v) is 1.68. The zero-order chi connectivity index (χ0) is 12.3. The first-order valence-corrected chi connectivity index (χ1v) is 5.47. The van der Waals surface area contributed by atoms with Crippen molar-refractivity contribution in [2.45, 2.75) is 19.8 Å². The minimum absolute atomic E-state index is 0.149. The van der Waals surface area contributed by atoms with Crippen molar-refractivity contribution in [3.8, 4) is 0 Å². The largest absolute Gasteiger partial charge is 0.383 e. The first-order chi connectivity index (χ1) is 8.20. The number of rotatable bonds is 3. The summed E-state index contributed by atoms with van der Waals surface area (Å²) in [6.45, 7) is 1.88. The molecule has 0 bridgehead atoms. The van der Waals surface area contributed by atoms with Crippen LogP contribution in [0.5, 0.6) is 0 Å². The lowest BCUT2D eigenvalue weighted by Crippen LogP contribution is -2.19. The number of aromatic nitrogens is 3. The number of nitrogens with zero attached hydrogens (tertiary/aromatic N) is 2. The molecule has 0 aromatic carbocycles. The fraction of sp³-hybridized carbons (Fsp3) is 0.250. The van der Waals surface area contributed by atoms with E-state index >= 15 is 0 Å². The number of nitrogens with two attached hydrogens (primary N) is 1. The second kappa shape index (κ2) is 4.78. The van der Waals surface area contributed by atoms with E-state index < -0.39 is 0 Å². The molecule has 3 N–H and O–H groups in total. The van der Waals surface area contributed by atoms with Crippen LogP contribution in [0.2, 0.25) is 0 Å². The molecule has 2 rings (SSSR count). The minimum Gasteiger partial charge on any atom is -0.383 e. The molecule has 0 aliphatic heterocycles. The molecule has 0 saturated carbocycles. The Balaban J connectivity index is 2.32. The summed E-state index contributed by atoms with van der Waals surface area (Å²) in [6.07, 6.45) is 4.55. The third kappa shape index (κ3) is 2.50. The zero-order valence-electron chi connectivity index (χ0n) is 9.60. The summed E-state index contributed by atoms with van der Waals surface area (Å²) >= 11 is 0. The van der Waals surface area contributed by atoms with Gasteiger partial charge in [0, 0.05) is 18.8 Å². The van der Waals surface area contributed by atoms with Gasteiger partial charge in [-0.25, -0.2) is 4.98 Å². The quantitative estimate of drug-likeness (QED) is 0.820. The molecule has 0 aliphatic rings. The van der Waals surface area contributed by atoms with Crippen LogP contribution in [0.15, 0.2) is 29.3 Å². The number of nitrogens with one attached hydrogen (secondary N) is 1. The third-order valence-electron chi connectivity index (χ3n) is 2.57. The van der Waals surface area contributed by atoms with Gasteiger partial charge in [-0.15, -0.1) is 0 Å². The van der Waals surface area contributed by atoms with E-state index in [1.165, 1.54) is 0 Å². The smallest absolute Gasteiger partial charge is 0.256 e. The maximum absolute atomic E-state index is 11.7. The molecule has 0 saturated heterocycles. The van der Waals surface area contributed by atoms with Crippen molar-refractivity contribution in [1.82, 2.24) is 15.0 Å². The summed E-state index contributed by atoms with van der Waals surface area (Å²) in [5.74, 6) is 0.899. The Labute approximate surface area is 98.7 Å². The van der Waals surface area contributed by atoms with Crippen molar-refractivity contribution in [1.29, 1.82) is 0 Å². The lowest BCUT2D eigenvalue weighted by Gasteiger charge is -2.05. The molecule has 5 nitrogen and oxygen atoms in total. The maximum atomic E-state index is 11.7. The molecule has 0 fully saturated rings. The molecule has 0 amide bonds. The molecule has 2 heterocycles. The van der Waals surface area contributed by atoms with Gasteiger partial charge >= 0.3 is 0 Å². The van der Waals surface area contributed by atoms with E-state index in [-0.39, 0.29) is 5.56 Å². The molecular formula is C12H14N4O. The number of hydrogen-bond acceptors (Lipinski definition) is 4. The van der Waals surface area contributed by atoms with Crippen LogP contribution >= 0.6 is 0 Å². The van der Waals surface area contributed by atoms with E-state index in [1.807, 2.05) is 19.1 Å². The van der Waals surface area contributed by atoms with Crippen LogP contribution in [-0.4, -0.2) is 15.0 Å². The minimum atomic E-state index is -0.149. The summed E-state index contributed by atoms with van der Waals surface area (Å²) in [5.41, 5.74) is 7.17. The number of nitrogen functional groups attached to an aromatic ring is 1. The van der Waals surface area contributed by atoms with Gasteiger partial charge in [-0.2, -0.15) is 0 Å². The molecule has 17 heavy (non-hydrogen) atoms. The monoisotopic (exact) mass is 230 g/mol. The van der Waals surface area contributed by atoms with E-state index in [0.717, 1.165) is 5.56 Å². The Hall–Kier alpha value is -2.17. The first kappa shape index (κ1) is 11.3. The molecule has 0 radical (unpaired) electrons. The molecule has 0 atom stereocenters. The van der Waals surface area contributed by atoms with E-state index in [9.17, 15) is 4.79 Å². The van der Waals surface area contributed by atoms with Crippen molar-refractivity contribution in [3.63, 3.8) is 0 Å². The van der Waals surface area contributed by atoms with Gasteiger partial charge in [0.25, 0.3) is 5.56 Å². The first-order valence-electron chi connectivity index (χ1n) is 5.47. The number of pyridine rings is 1. The van der Waals surface area contributed by atoms with Crippen molar-refractivity contribution in [2.75, 3.05) is 5.73 Å². The Kier molecular flexibility index (Phi) is 3.18. The highest BCUT2D eigenvalue weighted by atomic mass is 16.1. The van der Waals surface area contributed by atoms with Crippen LogP contribution in [0.25, 0.3) is 0 Å². The zero-order valence-corrected chi connectivity index (χ0v) is 9.60. The molecular weight excluding hydrogens is 216 g/mol. The van der Waals surface area contributed by atoms with Crippen LogP contribution in [0.1, 0.15) is 23.9 Å². The Morgan fingerprint density at radius 1 is 1.35 bits per heavy atom. The number of anilines is 1. The highest BCUT2D eigenvalue weighted by Crippen LogP contribution is 2.07. The van der Waals surface area contributed by atoms with Crippen LogP contribution in [0.3, 0.4) is 0 Å². The van der Waals surface area contributed by atoms with Gasteiger partial charge in [0.1, 0.15) is 11.6 Å². The fourth-order valence-electron chi connectivity index (χ4n) is 1.68. The summed E-state index contributed by atoms with van der Waals surface area (Å²) in [6, 6.07) is 3.76. The van der Waals surface area contributed by atoms with Gasteiger partial charge in [-0.3, -0.25) is 9.78 Å². The van der Waals surface area contributed by atoms with Gasteiger partial charge in [0.05, 0.1) is 5.56 Å². The Morgan fingerprint density at radius 2 is 2.06 bits per heavy atom. The molecule has 0 spiro atoms. The standard InChI is InChI=1S/C12H14N4O/c1-2-9-11(13)15-10(16-12(9)17)7-8-3-5-14-6-4-8/h3-6H,2,7H2,1H3,(H3,13,15,16,17). The van der Waals surface area contributed by atoms with Crippen molar-refractivity contribution < 1.29 is 0 Å². The molecule has 2 aromatic rings. The highest BCUT2D eigenvalue weighted by Gasteiger charge is 2.07. The van der Waals surface area contributed by atoms with Gasteiger partial charge in [-0.05, 0) is 24.1 Å². The van der Waals surface area contributed by atoms with Crippen molar-refractivity contribution in [2.24, 2.45) is 0 Å². The van der Waals surface area contributed by atoms with Crippen molar-refractivity contribution in [3.05, 3.63) is 51.8 Å². The van der Waals surface area contributed by atoms with Gasteiger partial charge in [0.15, 0.2) is 0 Å². The summed E-state index contributed by atoms with van der Waals surface area (Å²) in [7, 11) is 0. The summed E-state index contributed by atoms with van der Waals surface area (Å²) in [4.78, 5) is 22.6. The molecule has 0 unspecified atom stereocenters. The topological polar surface area (TPSA) is 84.7 Å². The molecule has 5 heteroatoms. The molecule has 0 aliphatic carbocycles. The lowest BCUT2D eigenvalue weighted by molar-refractivity contribution is 0.915. The predicted molar refractivity (Wildman–Crippen MR) is 65.7 cm³/mol. The molecule has 88 valence electrons.